The van der Waals surface area contributed by atoms with E-state index in [2.05, 4.69) is 0 Å². The molecule has 0 bridgehead atoms. The molecule has 0 saturated heterocycles. The maximum atomic E-state index is 13.1. The third-order valence-electron chi connectivity index (χ3n) is 4.60. The van der Waals surface area contributed by atoms with Gasteiger partial charge in [-0.15, -0.1) is 0 Å². The topological polar surface area (TPSA) is 85.7 Å². The minimum absolute atomic E-state index is 0.0595. The number of carbonyl (C=O) groups excluding carboxylic acids is 2. The van der Waals surface area contributed by atoms with Crippen LogP contribution in [0.1, 0.15) is 39.0 Å². The molecule has 1 amide bonds. The van der Waals surface area contributed by atoms with Gasteiger partial charge in [-0.3, -0.25) is 4.79 Å². The van der Waals surface area contributed by atoms with Gasteiger partial charge in [-0.25, -0.2) is 17.5 Å². The second-order valence-corrected chi connectivity index (χ2v) is 7.88. The fraction of sp³-hybridized carbons (Fsp3) is 0.333. The highest BCUT2D eigenvalue weighted by Crippen LogP contribution is 2.28. The van der Waals surface area contributed by atoms with Crippen LogP contribution in [0.2, 0.25) is 0 Å². The number of hydrogen-bond acceptors (Lipinski definition) is 5. The molecule has 2 heterocycles. The molecular weight excluding hydrogens is 356 g/mol. The molecule has 0 atom stereocenters. The maximum Gasteiger partial charge on any atom is 0.354 e. The maximum absolute atomic E-state index is 13.1. The Labute approximate surface area is 152 Å². The lowest BCUT2D eigenvalue weighted by atomic mass is 10.0. The third kappa shape index (κ3) is 2.80. The molecule has 0 unspecified atom stereocenters. The van der Waals surface area contributed by atoms with Crippen molar-refractivity contribution in [2.45, 2.75) is 25.2 Å². The standard InChI is InChI=1S/C18H20N2O5S/c1-4-25-18(22)15-11-16(12(2)19(15)3)26(23,24)20-10-9-13-7-5-6-8-14(13)17(20)21/h5-8,11H,4,9-10H2,1-3H3. The van der Waals surface area contributed by atoms with Gasteiger partial charge in [0.05, 0.1) is 6.61 Å². The van der Waals surface area contributed by atoms with Gasteiger partial charge in [0.25, 0.3) is 15.9 Å². The second kappa shape index (κ2) is 6.60. The highest BCUT2D eigenvalue weighted by molar-refractivity contribution is 7.89. The lowest BCUT2D eigenvalue weighted by Gasteiger charge is -2.27. The van der Waals surface area contributed by atoms with Crippen LogP contribution >= 0.6 is 0 Å². The molecule has 0 saturated carbocycles. The van der Waals surface area contributed by atoms with Gasteiger partial charge >= 0.3 is 5.97 Å². The number of amides is 1. The Morgan fingerprint density at radius 3 is 2.65 bits per heavy atom. The van der Waals surface area contributed by atoms with E-state index in [9.17, 15) is 18.0 Å². The first-order valence-electron chi connectivity index (χ1n) is 8.27. The van der Waals surface area contributed by atoms with Crippen LogP contribution in [0, 0.1) is 6.92 Å². The van der Waals surface area contributed by atoms with Gasteiger partial charge < -0.3 is 9.30 Å². The molecule has 0 N–H and O–H groups in total. The zero-order valence-electron chi connectivity index (χ0n) is 14.9. The number of nitrogens with zero attached hydrogens (tertiary/aromatic N) is 2. The van der Waals surface area contributed by atoms with E-state index in [0.717, 1.165) is 9.87 Å². The molecule has 2 aromatic rings. The summed E-state index contributed by atoms with van der Waals surface area (Å²) in [5.41, 5.74) is 1.73. The summed E-state index contributed by atoms with van der Waals surface area (Å²) in [5.74, 6) is -1.15. The Bertz CT molecular complexity index is 991. The number of fused-ring (bicyclic) bond motifs is 1. The van der Waals surface area contributed by atoms with E-state index in [0.29, 0.717) is 17.7 Å². The summed E-state index contributed by atoms with van der Waals surface area (Å²) in [6.45, 7) is 3.53. The van der Waals surface area contributed by atoms with Crippen molar-refractivity contribution in [3.8, 4) is 0 Å². The number of ether oxygens (including phenoxy) is 1. The quantitative estimate of drug-likeness (QED) is 0.761. The van der Waals surface area contributed by atoms with Gasteiger partial charge in [0.2, 0.25) is 0 Å². The smallest absolute Gasteiger partial charge is 0.354 e. The largest absolute Gasteiger partial charge is 0.461 e. The Kier molecular flexibility index (Phi) is 4.62. The van der Waals surface area contributed by atoms with Gasteiger partial charge in [0, 0.05) is 24.8 Å². The molecule has 0 aliphatic carbocycles. The molecule has 1 aromatic heterocycles. The number of esters is 1. The first-order valence-corrected chi connectivity index (χ1v) is 9.71. The number of hydrogen-bond donors (Lipinski definition) is 0. The predicted octanol–water partition coefficient (Wildman–Crippen LogP) is 1.90. The number of aromatic nitrogens is 1. The summed E-state index contributed by atoms with van der Waals surface area (Å²) in [7, 11) is -2.49. The van der Waals surface area contributed by atoms with Crippen molar-refractivity contribution in [1.82, 2.24) is 8.87 Å². The summed E-state index contributed by atoms with van der Waals surface area (Å²) < 4.78 is 33.5. The van der Waals surface area contributed by atoms with Crippen LogP contribution in [0.4, 0.5) is 0 Å². The van der Waals surface area contributed by atoms with E-state index in [-0.39, 0.29) is 23.7 Å². The molecule has 7 nitrogen and oxygen atoms in total. The van der Waals surface area contributed by atoms with Crippen LogP contribution in [0.25, 0.3) is 0 Å². The highest BCUT2D eigenvalue weighted by atomic mass is 32.2. The molecule has 1 aliphatic heterocycles. The lowest BCUT2D eigenvalue weighted by molar-refractivity contribution is 0.0514. The summed E-state index contributed by atoms with van der Waals surface area (Å²) in [4.78, 5) is 24.7. The van der Waals surface area contributed by atoms with E-state index < -0.39 is 21.9 Å². The zero-order valence-corrected chi connectivity index (χ0v) is 15.7. The Balaban J connectivity index is 2.03. The first kappa shape index (κ1) is 18.2. The van der Waals surface area contributed by atoms with Crippen LogP contribution in [0.3, 0.4) is 0 Å². The lowest BCUT2D eigenvalue weighted by Crippen LogP contribution is -2.42. The second-order valence-electron chi connectivity index (χ2n) is 6.05. The van der Waals surface area contributed by atoms with Crippen molar-refractivity contribution in [3.05, 3.63) is 52.8 Å². The van der Waals surface area contributed by atoms with Gasteiger partial charge in [-0.05, 0) is 38.0 Å². The summed E-state index contributed by atoms with van der Waals surface area (Å²) >= 11 is 0. The first-order chi connectivity index (χ1) is 12.3. The van der Waals surface area contributed by atoms with E-state index >= 15 is 0 Å². The summed E-state index contributed by atoms with van der Waals surface area (Å²) in [5, 5.41) is 0. The highest BCUT2D eigenvalue weighted by Gasteiger charge is 2.36. The van der Waals surface area contributed by atoms with E-state index in [1.165, 1.54) is 10.6 Å². The van der Waals surface area contributed by atoms with Crippen molar-refractivity contribution in [2.24, 2.45) is 7.05 Å². The molecule has 8 heteroatoms. The molecule has 3 rings (SSSR count). The molecular formula is C18H20N2O5S. The van der Waals surface area contributed by atoms with Crippen molar-refractivity contribution < 1.29 is 22.7 Å². The average Bonchev–Trinajstić information content (AvgIpc) is 2.91. The minimum Gasteiger partial charge on any atom is -0.461 e. The number of carbonyl (C=O) groups is 2. The Morgan fingerprint density at radius 2 is 1.96 bits per heavy atom. The Morgan fingerprint density at radius 1 is 1.27 bits per heavy atom. The van der Waals surface area contributed by atoms with Crippen molar-refractivity contribution >= 4 is 21.9 Å². The molecule has 138 valence electrons. The summed E-state index contributed by atoms with van der Waals surface area (Å²) in [6.07, 6.45) is 0.456. The molecule has 0 fully saturated rings. The number of rotatable bonds is 4. The van der Waals surface area contributed by atoms with Crippen LogP contribution in [0.15, 0.2) is 35.2 Å². The SMILES string of the molecule is CCOC(=O)c1cc(S(=O)(=O)N2CCc3ccccc3C2=O)c(C)n1C. The molecule has 0 radical (unpaired) electrons. The average molecular weight is 376 g/mol. The van der Waals surface area contributed by atoms with Crippen LogP contribution in [-0.4, -0.2) is 42.3 Å². The van der Waals surface area contributed by atoms with E-state index in [4.69, 9.17) is 4.74 Å². The van der Waals surface area contributed by atoms with Crippen molar-refractivity contribution in [1.29, 1.82) is 0 Å². The Hall–Kier alpha value is -2.61. The van der Waals surface area contributed by atoms with Crippen LogP contribution in [0.5, 0.6) is 0 Å². The van der Waals surface area contributed by atoms with Gasteiger partial charge in [-0.1, -0.05) is 18.2 Å². The monoisotopic (exact) mass is 376 g/mol. The number of sulfonamides is 1. The van der Waals surface area contributed by atoms with Crippen molar-refractivity contribution in [2.75, 3.05) is 13.2 Å². The van der Waals surface area contributed by atoms with Gasteiger partial charge in [0.15, 0.2) is 0 Å². The van der Waals surface area contributed by atoms with Crippen LogP contribution < -0.4 is 0 Å². The van der Waals surface area contributed by atoms with E-state index in [1.54, 1.807) is 33.0 Å². The molecule has 1 aliphatic rings. The molecule has 26 heavy (non-hydrogen) atoms. The van der Waals surface area contributed by atoms with Crippen molar-refractivity contribution in [3.63, 3.8) is 0 Å². The molecule has 1 aromatic carbocycles. The fourth-order valence-electron chi connectivity index (χ4n) is 3.09. The van der Waals surface area contributed by atoms with Gasteiger partial charge in [0.1, 0.15) is 10.6 Å². The van der Waals surface area contributed by atoms with Crippen LogP contribution in [-0.2, 0) is 28.2 Å². The zero-order chi connectivity index (χ0) is 19.1. The van der Waals surface area contributed by atoms with Gasteiger partial charge in [-0.2, -0.15) is 0 Å². The fourth-order valence-corrected chi connectivity index (χ4v) is 4.74. The van der Waals surface area contributed by atoms with E-state index in [1.807, 2.05) is 12.1 Å². The number of benzene rings is 1. The molecule has 0 spiro atoms. The third-order valence-corrected chi connectivity index (χ3v) is 6.50. The normalized spacial score (nSPS) is 14.3. The predicted molar refractivity (Wildman–Crippen MR) is 94.5 cm³/mol. The summed E-state index contributed by atoms with van der Waals surface area (Å²) in [6, 6.07) is 8.25. The minimum atomic E-state index is -4.08.